The SMILES string of the molecule is CCCCCCCCOc1ccc(C2=CC(F)C(O)C(F)=C2)cc1. The van der Waals surface area contributed by atoms with Crippen LogP contribution in [0.4, 0.5) is 8.78 Å². The van der Waals surface area contributed by atoms with Crippen LogP contribution in [0.15, 0.2) is 42.2 Å². The highest BCUT2D eigenvalue weighted by atomic mass is 19.1. The molecule has 0 spiro atoms. The molecule has 1 aromatic rings. The lowest BCUT2D eigenvalue weighted by Crippen LogP contribution is -2.23. The standard InChI is InChI=1S/C20H26F2O2/c1-2-3-4-5-6-7-12-24-17-10-8-15(9-11-17)16-13-18(21)20(23)19(22)14-16/h8-11,13-14,18,20,23H,2-7,12H2,1H3. The molecular formula is C20H26F2O2. The number of aliphatic hydroxyl groups excluding tert-OH is 1. The fraction of sp³-hybridized carbons (Fsp3) is 0.500. The van der Waals surface area contributed by atoms with Gasteiger partial charge < -0.3 is 9.84 Å². The van der Waals surface area contributed by atoms with Gasteiger partial charge in [0.05, 0.1) is 6.61 Å². The van der Waals surface area contributed by atoms with Gasteiger partial charge in [0.25, 0.3) is 0 Å². The molecule has 2 rings (SSSR count). The van der Waals surface area contributed by atoms with E-state index in [9.17, 15) is 13.9 Å². The fourth-order valence-electron chi connectivity index (χ4n) is 2.69. The monoisotopic (exact) mass is 336 g/mol. The van der Waals surface area contributed by atoms with Crippen molar-refractivity contribution in [3.63, 3.8) is 0 Å². The molecule has 0 bridgehead atoms. The Morgan fingerprint density at radius 3 is 2.38 bits per heavy atom. The summed E-state index contributed by atoms with van der Waals surface area (Å²) in [6.07, 6.45) is 6.30. The quantitative estimate of drug-likeness (QED) is 0.614. The molecule has 0 saturated heterocycles. The topological polar surface area (TPSA) is 29.5 Å². The minimum absolute atomic E-state index is 0.438. The summed E-state index contributed by atoms with van der Waals surface area (Å²) in [4.78, 5) is 0. The maximum absolute atomic E-state index is 13.5. The Kier molecular flexibility index (Phi) is 7.44. The van der Waals surface area contributed by atoms with Crippen LogP contribution in [0, 0.1) is 0 Å². The second-order valence-corrected chi connectivity index (χ2v) is 6.18. The zero-order valence-electron chi connectivity index (χ0n) is 14.2. The number of alkyl halides is 1. The van der Waals surface area contributed by atoms with Gasteiger partial charge in [0, 0.05) is 0 Å². The van der Waals surface area contributed by atoms with Crippen molar-refractivity contribution in [3.8, 4) is 5.75 Å². The third-order valence-electron chi connectivity index (χ3n) is 4.17. The van der Waals surface area contributed by atoms with E-state index in [0.717, 1.165) is 12.2 Å². The van der Waals surface area contributed by atoms with Crippen LogP contribution in [-0.2, 0) is 0 Å². The van der Waals surface area contributed by atoms with Crippen LogP contribution in [0.2, 0.25) is 0 Å². The number of aliphatic hydroxyl groups is 1. The van der Waals surface area contributed by atoms with E-state index >= 15 is 0 Å². The summed E-state index contributed by atoms with van der Waals surface area (Å²) in [6.45, 7) is 2.89. The van der Waals surface area contributed by atoms with Gasteiger partial charge in [-0.1, -0.05) is 51.2 Å². The van der Waals surface area contributed by atoms with E-state index < -0.39 is 18.1 Å². The number of hydrogen-bond acceptors (Lipinski definition) is 2. The van der Waals surface area contributed by atoms with Crippen LogP contribution >= 0.6 is 0 Å². The molecule has 1 aliphatic rings. The van der Waals surface area contributed by atoms with E-state index in [1.807, 2.05) is 0 Å². The Balaban J connectivity index is 1.80. The highest BCUT2D eigenvalue weighted by Gasteiger charge is 2.25. The predicted octanol–water partition coefficient (Wildman–Crippen LogP) is 5.38. The second-order valence-electron chi connectivity index (χ2n) is 6.18. The minimum Gasteiger partial charge on any atom is -0.494 e. The van der Waals surface area contributed by atoms with Crippen molar-refractivity contribution in [1.82, 2.24) is 0 Å². The number of hydrogen-bond donors (Lipinski definition) is 1. The van der Waals surface area contributed by atoms with Crippen molar-refractivity contribution in [2.24, 2.45) is 0 Å². The van der Waals surface area contributed by atoms with Crippen LogP contribution < -0.4 is 4.74 Å². The van der Waals surface area contributed by atoms with Crippen molar-refractivity contribution < 1.29 is 18.6 Å². The molecule has 0 saturated carbocycles. The summed E-state index contributed by atoms with van der Waals surface area (Å²) in [7, 11) is 0. The maximum atomic E-state index is 13.5. The molecule has 0 fully saturated rings. The summed E-state index contributed by atoms with van der Waals surface area (Å²) in [6, 6.07) is 7.15. The van der Waals surface area contributed by atoms with E-state index in [-0.39, 0.29) is 0 Å². The molecule has 132 valence electrons. The molecule has 0 radical (unpaired) electrons. The van der Waals surface area contributed by atoms with Gasteiger partial charge in [-0.15, -0.1) is 0 Å². The van der Waals surface area contributed by atoms with Crippen LogP contribution in [0.1, 0.15) is 51.0 Å². The highest BCUT2D eigenvalue weighted by molar-refractivity contribution is 5.76. The molecule has 2 unspecified atom stereocenters. The molecule has 1 aromatic carbocycles. The summed E-state index contributed by atoms with van der Waals surface area (Å²) in [5.74, 6) is -0.0894. The zero-order chi connectivity index (χ0) is 17.4. The molecule has 1 aliphatic carbocycles. The summed E-state index contributed by atoms with van der Waals surface area (Å²) in [5.41, 5.74) is 1.14. The van der Waals surface area contributed by atoms with Crippen LogP contribution in [0.25, 0.3) is 5.57 Å². The van der Waals surface area contributed by atoms with E-state index in [0.29, 0.717) is 17.7 Å². The van der Waals surface area contributed by atoms with Crippen LogP contribution in [-0.4, -0.2) is 24.0 Å². The Bertz CT molecular complexity index is 564. The van der Waals surface area contributed by atoms with Gasteiger partial charge in [-0.05, 0) is 41.8 Å². The maximum Gasteiger partial charge on any atom is 0.151 e. The molecule has 24 heavy (non-hydrogen) atoms. The zero-order valence-corrected chi connectivity index (χ0v) is 14.2. The van der Waals surface area contributed by atoms with E-state index in [4.69, 9.17) is 4.74 Å². The Morgan fingerprint density at radius 2 is 1.71 bits per heavy atom. The number of rotatable bonds is 9. The summed E-state index contributed by atoms with van der Waals surface area (Å²) >= 11 is 0. The third kappa shape index (κ3) is 5.45. The Morgan fingerprint density at radius 1 is 1.04 bits per heavy atom. The Hall–Kier alpha value is -1.68. The lowest BCUT2D eigenvalue weighted by Gasteiger charge is -2.18. The normalized spacial score (nSPS) is 20.5. The average molecular weight is 336 g/mol. The van der Waals surface area contributed by atoms with Crippen molar-refractivity contribution >= 4 is 5.57 Å². The Labute approximate surface area is 142 Å². The van der Waals surface area contributed by atoms with Gasteiger partial charge in [-0.2, -0.15) is 0 Å². The lowest BCUT2D eigenvalue weighted by atomic mass is 9.96. The van der Waals surface area contributed by atoms with Gasteiger partial charge >= 0.3 is 0 Å². The van der Waals surface area contributed by atoms with Gasteiger partial charge in [0.2, 0.25) is 0 Å². The van der Waals surface area contributed by atoms with Gasteiger partial charge in [0.15, 0.2) is 6.17 Å². The summed E-state index contributed by atoms with van der Waals surface area (Å²) < 4.78 is 32.7. The molecule has 0 aromatic heterocycles. The summed E-state index contributed by atoms with van der Waals surface area (Å²) in [5, 5.41) is 9.26. The highest BCUT2D eigenvalue weighted by Crippen LogP contribution is 2.29. The third-order valence-corrected chi connectivity index (χ3v) is 4.17. The van der Waals surface area contributed by atoms with E-state index in [1.165, 1.54) is 44.3 Å². The second kappa shape index (κ2) is 9.58. The van der Waals surface area contributed by atoms with Gasteiger partial charge in [-0.25, -0.2) is 8.78 Å². The molecule has 1 N–H and O–H groups in total. The molecule has 2 nitrogen and oxygen atoms in total. The lowest BCUT2D eigenvalue weighted by molar-refractivity contribution is 0.111. The smallest absolute Gasteiger partial charge is 0.151 e. The first-order valence-electron chi connectivity index (χ1n) is 8.76. The van der Waals surface area contributed by atoms with Crippen molar-refractivity contribution in [3.05, 3.63) is 47.8 Å². The minimum atomic E-state index is -1.71. The molecule has 0 amide bonds. The molecular weight excluding hydrogens is 310 g/mol. The van der Waals surface area contributed by atoms with Crippen molar-refractivity contribution in [2.45, 2.75) is 57.7 Å². The number of benzene rings is 1. The molecule has 4 heteroatoms. The number of ether oxygens (including phenoxy) is 1. The van der Waals surface area contributed by atoms with E-state index in [2.05, 4.69) is 6.92 Å². The van der Waals surface area contributed by atoms with Crippen LogP contribution in [0.3, 0.4) is 0 Å². The number of unbranched alkanes of at least 4 members (excludes halogenated alkanes) is 5. The van der Waals surface area contributed by atoms with Gasteiger partial charge in [0.1, 0.15) is 17.7 Å². The molecule has 0 heterocycles. The van der Waals surface area contributed by atoms with E-state index in [1.54, 1.807) is 24.3 Å². The first-order chi connectivity index (χ1) is 11.6. The molecule has 0 aliphatic heterocycles. The fourth-order valence-corrected chi connectivity index (χ4v) is 2.69. The van der Waals surface area contributed by atoms with Gasteiger partial charge in [-0.3, -0.25) is 0 Å². The first kappa shape index (κ1) is 18.7. The number of halogens is 2. The first-order valence-corrected chi connectivity index (χ1v) is 8.76. The van der Waals surface area contributed by atoms with Crippen molar-refractivity contribution in [2.75, 3.05) is 6.61 Å². The molecule has 2 atom stereocenters. The number of allylic oxidation sites excluding steroid dienone is 2. The predicted molar refractivity (Wildman–Crippen MR) is 93.4 cm³/mol. The largest absolute Gasteiger partial charge is 0.494 e. The van der Waals surface area contributed by atoms with Crippen LogP contribution in [0.5, 0.6) is 5.75 Å². The van der Waals surface area contributed by atoms with Crippen molar-refractivity contribution in [1.29, 1.82) is 0 Å². The average Bonchev–Trinajstić information content (AvgIpc) is 2.59.